The van der Waals surface area contributed by atoms with Gasteiger partial charge in [-0.2, -0.15) is 0 Å². The van der Waals surface area contributed by atoms with Crippen molar-refractivity contribution in [3.05, 3.63) is 35.1 Å². The predicted octanol–water partition coefficient (Wildman–Crippen LogP) is 3.99. The SMILES string of the molecule is CC#Cc1ccc(C2=C(OC(=O)C(C)(C)C)[C@H]3C4CC(C)C(O4)[C@H]3C2=O)c(OC)c1. The number of Topliss-reactive ketones (excluding diaryl/α,β-unsaturated/α-hetero) is 1. The summed E-state index contributed by atoms with van der Waals surface area (Å²) in [5.74, 6) is 6.26. The molecular formula is C25H28O5. The quantitative estimate of drug-likeness (QED) is 0.559. The average molecular weight is 408 g/mol. The minimum atomic E-state index is -0.685. The van der Waals surface area contributed by atoms with Gasteiger partial charge in [0, 0.05) is 11.1 Å². The Labute approximate surface area is 177 Å². The zero-order chi connectivity index (χ0) is 21.8. The van der Waals surface area contributed by atoms with Gasteiger partial charge in [0.15, 0.2) is 5.78 Å². The lowest BCUT2D eigenvalue weighted by Crippen LogP contribution is -2.35. The summed E-state index contributed by atoms with van der Waals surface area (Å²) in [5, 5.41) is 0. The molecule has 5 nitrogen and oxygen atoms in total. The van der Waals surface area contributed by atoms with E-state index < -0.39 is 5.41 Å². The molecule has 5 heteroatoms. The first-order chi connectivity index (χ1) is 14.2. The number of esters is 1. The van der Waals surface area contributed by atoms with Gasteiger partial charge in [0.25, 0.3) is 0 Å². The highest BCUT2D eigenvalue weighted by molar-refractivity contribution is 6.26. The summed E-state index contributed by atoms with van der Waals surface area (Å²) in [4.78, 5) is 26.4. The van der Waals surface area contributed by atoms with Crippen LogP contribution in [0.3, 0.4) is 0 Å². The summed E-state index contributed by atoms with van der Waals surface area (Å²) >= 11 is 0. The largest absolute Gasteiger partial charge is 0.496 e. The van der Waals surface area contributed by atoms with Gasteiger partial charge in [-0.15, -0.1) is 5.92 Å². The number of methoxy groups -OCH3 is 1. The summed E-state index contributed by atoms with van der Waals surface area (Å²) in [6.07, 6.45) is 0.630. The molecule has 5 atom stereocenters. The Kier molecular flexibility index (Phi) is 5.02. The van der Waals surface area contributed by atoms with E-state index in [1.165, 1.54) is 0 Å². The molecule has 1 aromatic rings. The molecule has 0 N–H and O–H groups in total. The van der Waals surface area contributed by atoms with E-state index in [-0.39, 0.29) is 35.8 Å². The van der Waals surface area contributed by atoms with Crippen LogP contribution >= 0.6 is 0 Å². The van der Waals surface area contributed by atoms with Crippen LogP contribution in [0, 0.1) is 35.0 Å². The summed E-state index contributed by atoms with van der Waals surface area (Å²) in [5.41, 5.74) is 1.20. The molecule has 3 aliphatic rings. The predicted molar refractivity (Wildman–Crippen MR) is 112 cm³/mol. The van der Waals surface area contributed by atoms with E-state index in [1.807, 2.05) is 39.0 Å². The maximum absolute atomic E-state index is 13.6. The van der Waals surface area contributed by atoms with Gasteiger partial charge >= 0.3 is 5.97 Å². The van der Waals surface area contributed by atoms with E-state index in [0.29, 0.717) is 28.6 Å². The first kappa shape index (κ1) is 20.7. The highest BCUT2D eigenvalue weighted by atomic mass is 16.6. The van der Waals surface area contributed by atoms with Crippen LogP contribution in [0.15, 0.2) is 24.0 Å². The van der Waals surface area contributed by atoms with E-state index in [2.05, 4.69) is 18.8 Å². The van der Waals surface area contributed by atoms with Crippen LogP contribution < -0.4 is 4.74 Å². The van der Waals surface area contributed by atoms with E-state index in [1.54, 1.807) is 14.0 Å². The molecule has 158 valence electrons. The Morgan fingerprint density at radius 1 is 1.23 bits per heavy atom. The van der Waals surface area contributed by atoms with Crippen LogP contribution in [0.1, 0.15) is 52.2 Å². The molecule has 2 fully saturated rings. The Morgan fingerprint density at radius 2 is 1.97 bits per heavy atom. The number of carbonyl (C=O) groups excluding carboxylic acids is 2. The summed E-state index contributed by atoms with van der Waals surface area (Å²) in [7, 11) is 1.57. The van der Waals surface area contributed by atoms with Crippen molar-refractivity contribution >= 4 is 17.3 Å². The van der Waals surface area contributed by atoms with E-state index in [0.717, 1.165) is 12.0 Å². The standard InChI is InChI=1S/C25H28O5/c1-7-8-14-9-10-15(16(12-14)28-6)18-21(26)20-19(17-11-13(2)22(20)29-17)23(18)30-24(27)25(3,4)5/h9-10,12-13,17,19-20,22H,11H2,1-6H3/t13?,17?,19-,20+,22?/m0/s1. The third-order valence-electron chi connectivity index (χ3n) is 6.29. The first-order valence-corrected chi connectivity index (χ1v) is 10.4. The number of allylic oxidation sites excluding steroid dienone is 1. The molecule has 0 spiro atoms. The van der Waals surface area contributed by atoms with Gasteiger partial charge in [-0.1, -0.05) is 12.8 Å². The molecule has 0 aromatic heterocycles. The second kappa shape index (κ2) is 7.28. The maximum Gasteiger partial charge on any atom is 0.316 e. The zero-order valence-corrected chi connectivity index (χ0v) is 18.4. The normalized spacial score (nSPS) is 29.5. The first-order valence-electron chi connectivity index (χ1n) is 10.4. The van der Waals surface area contributed by atoms with Gasteiger partial charge in [-0.25, -0.2) is 0 Å². The van der Waals surface area contributed by atoms with Crippen LogP contribution in [0.25, 0.3) is 5.57 Å². The van der Waals surface area contributed by atoms with Crippen molar-refractivity contribution in [1.29, 1.82) is 0 Å². The number of fused-ring (bicyclic) bond motifs is 5. The number of ether oxygens (including phenoxy) is 3. The van der Waals surface area contributed by atoms with Crippen LogP contribution in [0.4, 0.5) is 0 Å². The Hall–Kier alpha value is -2.58. The van der Waals surface area contributed by atoms with Gasteiger partial charge in [0.05, 0.1) is 42.1 Å². The van der Waals surface area contributed by atoms with Crippen LogP contribution in [-0.4, -0.2) is 31.1 Å². The fraction of sp³-hybridized carbons (Fsp3) is 0.520. The monoisotopic (exact) mass is 408 g/mol. The van der Waals surface area contributed by atoms with Crippen molar-refractivity contribution in [3.8, 4) is 17.6 Å². The number of hydrogen-bond donors (Lipinski definition) is 0. The van der Waals surface area contributed by atoms with Crippen molar-refractivity contribution < 1.29 is 23.8 Å². The van der Waals surface area contributed by atoms with Crippen molar-refractivity contribution in [2.24, 2.45) is 23.2 Å². The van der Waals surface area contributed by atoms with Crippen LogP contribution in [0.2, 0.25) is 0 Å². The zero-order valence-electron chi connectivity index (χ0n) is 18.4. The lowest BCUT2D eigenvalue weighted by Gasteiger charge is -2.26. The minimum Gasteiger partial charge on any atom is -0.496 e. The third-order valence-corrected chi connectivity index (χ3v) is 6.29. The Morgan fingerprint density at radius 3 is 2.60 bits per heavy atom. The minimum absolute atomic E-state index is 0.0246. The fourth-order valence-electron chi connectivity index (χ4n) is 4.85. The number of rotatable bonds is 3. The Bertz CT molecular complexity index is 1000. The van der Waals surface area contributed by atoms with Crippen molar-refractivity contribution in [1.82, 2.24) is 0 Å². The molecular weight excluding hydrogens is 380 g/mol. The second-order valence-corrected chi connectivity index (χ2v) is 9.44. The molecule has 2 bridgehead atoms. The number of carbonyl (C=O) groups is 2. The summed E-state index contributed by atoms with van der Waals surface area (Å²) < 4.78 is 17.7. The molecule has 1 aromatic carbocycles. The molecule has 2 heterocycles. The van der Waals surface area contributed by atoms with Gasteiger partial charge in [0.1, 0.15) is 11.5 Å². The molecule has 0 amide bonds. The highest BCUT2D eigenvalue weighted by Crippen LogP contribution is 2.57. The lowest BCUT2D eigenvalue weighted by atomic mass is 9.75. The smallest absolute Gasteiger partial charge is 0.316 e. The summed E-state index contributed by atoms with van der Waals surface area (Å²) in [6.45, 7) is 9.31. The number of benzene rings is 1. The van der Waals surface area contributed by atoms with Gasteiger partial charge in [-0.3, -0.25) is 9.59 Å². The fourth-order valence-corrected chi connectivity index (χ4v) is 4.85. The summed E-state index contributed by atoms with van der Waals surface area (Å²) in [6, 6.07) is 5.51. The molecule has 4 rings (SSSR count). The third kappa shape index (κ3) is 3.15. The van der Waals surface area contributed by atoms with Crippen LogP contribution in [0.5, 0.6) is 5.75 Å². The maximum atomic E-state index is 13.6. The second-order valence-electron chi connectivity index (χ2n) is 9.44. The number of hydrogen-bond acceptors (Lipinski definition) is 5. The van der Waals surface area contributed by atoms with Gasteiger partial charge in [-0.05, 0) is 58.2 Å². The molecule has 3 unspecified atom stereocenters. The van der Waals surface area contributed by atoms with Crippen molar-refractivity contribution in [2.75, 3.05) is 7.11 Å². The van der Waals surface area contributed by atoms with Crippen LogP contribution in [-0.2, 0) is 19.1 Å². The highest BCUT2D eigenvalue weighted by Gasteiger charge is 2.62. The van der Waals surface area contributed by atoms with Crippen molar-refractivity contribution in [3.63, 3.8) is 0 Å². The molecule has 0 radical (unpaired) electrons. The van der Waals surface area contributed by atoms with Crippen molar-refractivity contribution in [2.45, 2.75) is 53.2 Å². The molecule has 1 aliphatic carbocycles. The van der Waals surface area contributed by atoms with Gasteiger partial charge in [0.2, 0.25) is 0 Å². The number of ketones is 1. The molecule has 2 saturated heterocycles. The van der Waals surface area contributed by atoms with E-state index in [4.69, 9.17) is 14.2 Å². The topological polar surface area (TPSA) is 61.8 Å². The molecule has 2 aliphatic heterocycles. The average Bonchev–Trinajstić information content (AvgIpc) is 3.32. The lowest BCUT2D eigenvalue weighted by molar-refractivity contribution is -0.149. The Balaban J connectivity index is 1.86. The molecule has 0 saturated carbocycles. The molecule has 30 heavy (non-hydrogen) atoms. The van der Waals surface area contributed by atoms with E-state index in [9.17, 15) is 9.59 Å². The van der Waals surface area contributed by atoms with Gasteiger partial charge < -0.3 is 14.2 Å². The van der Waals surface area contributed by atoms with E-state index >= 15 is 0 Å².